The van der Waals surface area contributed by atoms with Gasteiger partial charge in [0.25, 0.3) is 0 Å². The Labute approximate surface area is 129 Å². The molecule has 1 saturated heterocycles. The predicted molar refractivity (Wildman–Crippen MR) is 79.7 cm³/mol. The number of hydrogen-bond donors (Lipinski definition) is 0. The number of sulfonamides is 1. The fourth-order valence-corrected chi connectivity index (χ4v) is 4.52. The van der Waals surface area contributed by atoms with E-state index in [1.807, 2.05) is 0 Å². The lowest BCUT2D eigenvalue weighted by Gasteiger charge is -2.30. The molecule has 1 aromatic carbocycles. The highest BCUT2D eigenvalue weighted by Crippen LogP contribution is 2.27. The van der Waals surface area contributed by atoms with Gasteiger partial charge in [-0.05, 0) is 43.5 Å². The summed E-state index contributed by atoms with van der Waals surface area (Å²) in [7, 11) is -2.30. The van der Waals surface area contributed by atoms with E-state index < -0.39 is 15.9 Å². The molecular weight excluding hydrogens is 314 g/mol. The Hall–Kier alpha value is -1.11. The number of methoxy groups -OCH3 is 1. The van der Waals surface area contributed by atoms with Crippen LogP contribution in [-0.2, 0) is 19.6 Å². The second-order valence-electron chi connectivity index (χ2n) is 5.14. The van der Waals surface area contributed by atoms with E-state index in [2.05, 4.69) is 0 Å². The van der Waals surface area contributed by atoms with Crippen LogP contribution in [0.25, 0.3) is 0 Å². The quantitative estimate of drug-likeness (QED) is 0.797. The number of nitrogens with zero attached hydrogens (tertiary/aromatic N) is 1. The maximum Gasteiger partial charge on any atom is 0.309 e. The second kappa shape index (κ2) is 6.34. The van der Waals surface area contributed by atoms with Crippen molar-refractivity contribution in [1.29, 1.82) is 0 Å². The molecule has 0 amide bonds. The number of esters is 1. The smallest absolute Gasteiger partial charge is 0.309 e. The van der Waals surface area contributed by atoms with Gasteiger partial charge in [0.05, 0.1) is 17.9 Å². The number of carbonyl (C=O) groups excluding carboxylic acids is 1. The molecule has 7 heteroatoms. The molecule has 21 heavy (non-hydrogen) atoms. The summed E-state index contributed by atoms with van der Waals surface area (Å²) in [5, 5.41) is 0.498. The van der Waals surface area contributed by atoms with Crippen molar-refractivity contribution in [3.05, 3.63) is 28.8 Å². The number of rotatable bonds is 3. The first kappa shape index (κ1) is 16.3. The number of hydrogen-bond acceptors (Lipinski definition) is 4. The molecule has 1 aliphatic rings. The Bertz CT molecular complexity index is 644. The van der Waals surface area contributed by atoms with Crippen LogP contribution in [0.2, 0.25) is 5.02 Å². The number of aryl methyl sites for hydroxylation is 1. The first-order chi connectivity index (χ1) is 9.86. The maximum absolute atomic E-state index is 12.7. The molecule has 0 aromatic heterocycles. The second-order valence-corrected chi connectivity index (χ2v) is 7.48. The minimum absolute atomic E-state index is 0.164. The van der Waals surface area contributed by atoms with Gasteiger partial charge in [-0.1, -0.05) is 11.6 Å². The largest absolute Gasteiger partial charge is 0.469 e. The third-order valence-electron chi connectivity index (χ3n) is 3.67. The monoisotopic (exact) mass is 331 g/mol. The summed E-state index contributed by atoms with van der Waals surface area (Å²) in [5.74, 6) is -0.756. The van der Waals surface area contributed by atoms with Crippen molar-refractivity contribution >= 4 is 27.6 Å². The number of benzene rings is 1. The molecule has 0 bridgehead atoms. The van der Waals surface area contributed by atoms with Gasteiger partial charge in [-0.3, -0.25) is 4.79 Å². The van der Waals surface area contributed by atoms with Crippen molar-refractivity contribution in [3.8, 4) is 0 Å². The Balaban J connectivity index is 2.28. The summed E-state index contributed by atoms with van der Waals surface area (Å²) in [5.41, 5.74) is 0.600. The van der Waals surface area contributed by atoms with Crippen LogP contribution in [-0.4, -0.2) is 38.9 Å². The minimum Gasteiger partial charge on any atom is -0.469 e. The molecule has 0 radical (unpaired) electrons. The molecule has 1 aliphatic heterocycles. The van der Waals surface area contributed by atoms with Crippen molar-refractivity contribution in [3.63, 3.8) is 0 Å². The first-order valence-electron chi connectivity index (χ1n) is 6.70. The fraction of sp³-hybridized carbons (Fsp3) is 0.500. The molecule has 1 heterocycles. The zero-order valence-corrected chi connectivity index (χ0v) is 13.6. The fourth-order valence-electron chi connectivity index (χ4n) is 2.56. The summed E-state index contributed by atoms with van der Waals surface area (Å²) in [6, 6.07) is 4.69. The Kier molecular flexibility index (Phi) is 4.91. The lowest BCUT2D eigenvalue weighted by molar-refractivity contribution is -0.146. The van der Waals surface area contributed by atoms with Crippen LogP contribution in [0.15, 0.2) is 23.1 Å². The third-order valence-corrected chi connectivity index (χ3v) is 5.93. The van der Waals surface area contributed by atoms with Crippen LogP contribution >= 0.6 is 11.6 Å². The van der Waals surface area contributed by atoms with Crippen molar-refractivity contribution in [2.45, 2.75) is 24.7 Å². The van der Waals surface area contributed by atoms with Crippen LogP contribution in [0.3, 0.4) is 0 Å². The van der Waals surface area contributed by atoms with Gasteiger partial charge >= 0.3 is 5.97 Å². The molecule has 0 N–H and O–H groups in total. The van der Waals surface area contributed by atoms with Crippen LogP contribution in [0.4, 0.5) is 0 Å². The van der Waals surface area contributed by atoms with E-state index in [-0.39, 0.29) is 17.4 Å². The van der Waals surface area contributed by atoms with Crippen molar-refractivity contribution in [2.75, 3.05) is 20.2 Å². The maximum atomic E-state index is 12.7. The van der Waals surface area contributed by atoms with Crippen LogP contribution in [0.5, 0.6) is 0 Å². The molecule has 1 fully saturated rings. The van der Waals surface area contributed by atoms with Gasteiger partial charge < -0.3 is 4.74 Å². The highest BCUT2D eigenvalue weighted by Gasteiger charge is 2.34. The topological polar surface area (TPSA) is 63.7 Å². The lowest BCUT2D eigenvalue weighted by atomic mass is 10.0. The average molecular weight is 332 g/mol. The van der Waals surface area contributed by atoms with E-state index in [1.165, 1.54) is 17.5 Å². The summed E-state index contributed by atoms with van der Waals surface area (Å²) < 4.78 is 31.5. The third kappa shape index (κ3) is 3.39. The van der Waals surface area contributed by atoms with Crippen molar-refractivity contribution in [2.24, 2.45) is 5.92 Å². The number of carbonyl (C=O) groups is 1. The van der Waals surface area contributed by atoms with Gasteiger partial charge in [-0.2, -0.15) is 4.31 Å². The van der Waals surface area contributed by atoms with Crippen molar-refractivity contribution < 1.29 is 17.9 Å². The summed E-state index contributed by atoms with van der Waals surface area (Å²) in [6.07, 6.45) is 1.30. The lowest BCUT2D eigenvalue weighted by Crippen LogP contribution is -2.42. The molecule has 0 unspecified atom stereocenters. The first-order valence-corrected chi connectivity index (χ1v) is 8.52. The Morgan fingerprint density at radius 3 is 2.76 bits per heavy atom. The van der Waals surface area contributed by atoms with Gasteiger partial charge in [0.1, 0.15) is 0 Å². The molecule has 0 spiro atoms. The molecule has 2 rings (SSSR count). The van der Waals surface area contributed by atoms with Gasteiger partial charge in [-0.15, -0.1) is 0 Å². The summed E-state index contributed by atoms with van der Waals surface area (Å²) in [4.78, 5) is 11.9. The highest BCUT2D eigenvalue weighted by atomic mass is 35.5. The molecule has 0 saturated carbocycles. The van der Waals surface area contributed by atoms with E-state index in [4.69, 9.17) is 16.3 Å². The van der Waals surface area contributed by atoms with Crippen LogP contribution in [0, 0.1) is 12.8 Å². The molecule has 5 nitrogen and oxygen atoms in total. The molecule has 1 aromatic rings. The van der Waals surface area contributed by atoms with Crippen LogP contribution < -0.4 is 0 Å². The summed E-state index contributed by atoms with van der Waals surface area (Å²) in [6.45, 7) is 2.29. The van der Waals surface area contributed by atoms with E-state index in [0.717, 1.165) is 0 Å². The molecule has 116 valence electrons. The van der Waals surface area contributed by atoms with Gasteiger partial charge in [0.2, 0.25) is 10.0 Å². The van der Waals surface area contributed by atoms with Gasteiger partial charge in [0, 0.05) is 18.1 Å². The average Bonchev–Trinajstić information content (AvgIpc) is 2.46. The SMILES string of the molecule is COC(=O)[C@H]1CCCN(S(=O)(=O)c2ccc(Cl)cc2C)C1. The summed E-state index contributed by atoms with van der Waals surface area (Å²) >= 11 is 5.87. The number of halogens is 1. The molecular formula is C14H18ClNO4S. The molecule has 0 aliphatic carbocycles. The number of ether oxygens (including phenoxy) is 1. The number of piperidine rings is 1. The minimum atomic E-state index is -3.62. The normalized spacial score (nSPS) is 20.2. The Morgan fingerprint density at radius 1 is 1.43 bits per heavy atom. The highest BCUT2D eigenvalue weighted by molar-refractivity contribution is 7.89. The van der Waals surface area contributed by atoms with Crippen LogP contribution in [0.1, 0.15) is 18.4 Å². The van der Waals surface area contributed by atoms with Gasteiger partial charge in [-0.25, -0.2) is 8.42 Å². The van der Waals surface area contributed by atoms with E-state index in [9.17, 15) is 13.2 Å². The van der Waals surface area contributed by atoms with E-state index >= 15 is 0 Å². The molecule has 1 atom stereocenters. The van der Waals surface area contributed by atoms with E-state index in [1.54, 1.807) is 19.1 Å². The predicted octanol–water partition coefficient (Wildman–Crippen LogP) is 2.22. The Morgan fingerprint density at radius 2 is 2.14 bits per heavy atom. The standard InChI is InChI=1S/C14H18ClNO4S/c1-10-8-12(15)5-6-13(10)21(18,19)16-7-3-4-11(9-16)14(17)20-2/h5-6,8,11H,3-4,7,9H2,1-2H3/t11-/m0/s1. The van der Waals surface area contributed by atoms with E-state index in [0.29, 0.717) is 30.0 Å². The van der Waals surface area contributed by atoms with Crippen molar-refractivity contribution in [1.82, 2.24) is 4.31 Å². The zero-order valence-electron chi connectivity index (χ0n) is 12.0. The van der Waals surface area contributed by atoms with Gasteiger partial charge in [0.15, 0.2) is 0 Å². The zero-order chi connectivity index (χ0) is 15.6.